The maximum Gasteiger partial charge on any atom is 0.534 e. The average molecular weight is 570 g/mol. The first kappa shape index (κ1) is 29.0. The molecule has 0 spiro atoms. The van der Waals surface area contributed by atoms with Crippen molar-refractivity contribution in [1.82, 2.24) is 4.90 Å². The molecule has 0 bridgehead atoms. The normalized spacial score (nSPS) is 15.5. The Bertz CT molecular complexity index is 1260. The number of halogens is 5. The molecule has 5 nitrogen and oxygen atoms in total. The largest absolute Gasteiger partial charge is 0.534 e. The lowest BCUT2D eigenvalue weighted by Gasteiger charge is -2.32. The molecule has 3 aromatic carbocycles. The average Bonchev–Trinajstić information content (AvgIpc) is 2.89. The van der Waals surface area contributed by atoms with Gasteiger partial charge in [0.15, 0.2) is 0 Å². The van der Waals surface area contributed by atoms with Gasteiger partial charge in [-0.2, -0.15) is 21.6 Å². The van der Waals surface area contributed by atoms with E-state index in [0.717, 1.165) is 49.0 Å². The van der Waals surface area contributed by atoms with E-state index in [0.29, 0.717) is 19.1 Å². The van der Waals surface area contributed by atoms with Gasteiger partial charge in [-0.3, -0.25) is 4.90 Å². The highest BCUT2D eigenvalue weighted by atomic mass is 32.2. The SMILES string of the molecule is O=S(=O)(Oc1ccc(CN2CCC(CCOC(c3ccc(F)cc3)c3ccc(F)cc3)CC2)cc1)C(F)(F)F. The number of alkyl halides is 3. The van der Waals surface area contributed by atoms with Gasteiger partial charge in [0.05, 0.1) is 0 Å². The van der Waals surface area contributed by atoms with E-state index < -0.39 is 27.5 Å². The highest BCUT2D eigenvalue weighted by Crippen LogP contribution is 2.30. The van der Waals surface area contributed by atoms with E-state index in [4.69, 9.17) is 4.74 Å². The van der Waals surface area contributed by atoms with E-state index in [9.17, 15) is 30.4 Å². The predicted octanol–water partition coefficient (Wildman–Crippen LogP) is 6.60. The Morgan fingerprint density at radius 2 is 1.33 bits per heavy atom. The third kappa shape index (κ3) is 8.00. The summed E-state index contributed by atoms with van der Waals surface area (Å²) >= 11 is 0. The summed E-state index contributed by atoms with van der Waals surface area (Å²) in [6.45, 7) is 2.70. The second-order valence-corrected chi connectivity index (χ2v) is 11.0. The van der Waals surface area contributed by atoms with Crippen LogP contribution in [0, 0.1) is 17.6 Å². The van der Waals surface area contributed by atoms with Gasteiger partial charge in [0.25, 0.3) is 0 Å². The van der Waals surface area contributed by atoms with Gasteiger partial charge in [-0.1, -0.05) is 36.4 Å². The number of likely N-dealkylation sites (tertiary alicyclic amines) is 1. The van der Waals surface area contributed by atoms with Crippen LogP contribution in [-0.4, -0.2) is 38.5 Å². The van der Waals surface area contributed by atoms with Crippen molar-refractivity contribution in [2.24, 2.45) is 5.92 Å². The molecule has 1 aliphatic heterocycles. The second-order valence-electron chi connectivity index (χ2n) is 9.49. The molecule has 1 saturated heterocycles. The number of rotatable bonds is 10. The summed E-state index contributed by atoms with van der Waals surface area (Å²) in [7, 11) is -5.70. The minimum absolute atomic E-state index is 0.345. The molecule has 1 aliphatic rings. The Balaban J connectivity index is 1.25. The molecule has 0 radical (unpaired) electrons. The predicted molar refractivity (Wildman–Crippen MR) is 135 cm³/mol. The van der Waals surface area contributed by atoms with E-state index >= 15 is 0 Å². The fourth-order valence-corrected chi connectivity index (χ4v) is 4.99. The van der Waals surface area contributed by atoms with Crippen LogP contribution in [0.3, 0.4) is 0 Å². The smallest absolute Gasteiger partial charge is 0.376 e. The molecule has 0 saturated carbocycles. The van der Waals surface area contributed by atoms with Gasteiger partial charge in [0.2, 0.25) is 0 Å². The van der Waals surface area contributed by atoms with E-state index in [1.807, 2.05) is 0 Å². The fourth-order valence-electron chi connectivity index (χ4n) is 4.53. The van der Waals surface area contributed by atoms with Crippen molar-refractivity contribution in [1.29, 1.82) is 0 Å². The molecule has 4 rings (SSSR count). The van der Waals surface area contributed by atoms with Gasteiger partial charge >= 0.3 is 15.6 Å². The van der Waals surface area contributed by atoms with Crippen LogP contribution in [0.4, 0.5) is 22.0 Å². The maximum atomic E-state index is 13.4. The minimum atomic E-state index is -5.70. The van der Waals surface area contributed by atoms with Gasteiger partial charge in [0.1, 0.15) is 23.5 Å². The molecule has 0 aliphatic carbocycles. The van der Waals surface area contributed by atoms with Crippen molar-refractivity contribution in [3.8, 4) is 5.75 Å². The van der Waals surface area contributed by atoms with Crippen molar-refractivity contribution < 1.29 is 39.3 Å². The molecular weight excluding hydrogens is 541 g/mol. The number of benzene rings is 3. The van der Waals surface area contributed by atoms with E-state index in [1.54, 1.807) is 36.4 Å². The van der Waals surface area contributed by atoms with Gasteiger partial charge in [-0.05, 0) is 91.4 Å². The molecule has 0 unspecified atom stereocenters. The molecule has 0 atom stereocenters. The lowest BCUT2D eigenvalue weighted by molar-refractivity contribution is -0.0500. The number of nitrogens with zero attached hydrogens (tertiary/aromatic N) is 1. The molecule has 0 aromatic heterocycles. The van der Waals surface area contributed by atoms with Crippen molar-refractivity contribution in [3.05, 3.63) is 101 Å². The maximum absolute atomic E-state index is 13.4. The lowest BCUT2D eigenvalue weighted by atomic mass is 9.93. The van der Waals surface area contributed by atoms with Crippen LogP contribution in [-0.2, 0) is 21.4 Å². The molecule has 1 heterocycles. The second kappa shape index (κ2) is 12.4. The Morgan fingerprint density at radius 1 is 0.821 bits per heavy atom. The zero-order valence-corrected chi connectivity index (χ0v) is 21.7. The van der Waals surface area contributed by atoms with Crippen molar-refractivity contribution >= 4 is 10.1 Å². The molecule has 11 heteroatoms. The summed E-state index contributed by atoms with van der Waals surface area (Å²) in [5.41, 5.74) is -3.09. The van der Waals surface area contributed by atoms with Crippen LogP contribution in [0.25, 0.3) is 0 Å². The van der Waals surface area contributed by atoms with Gasteiger partial charge in [-0.25, -0.2) is 8.78 Å². The number of hydrogen-bond acceptors (Lipinski definition) is 5. The number of hydrogen-bond donors (Lipinski definition) is 0. The minimum Gasteiger partial charge on any atom is -0.376 e. The molecule has 39 heavy (non-hydrogen) atoms. The lowest BCUT2D eigenvalue weighted by Crippen LogP contribution is -2.33. The Morgan fingerprint density at radius 3 is 1.82 bits per heavy atom. The van der Waals surface area contributed by atoms with Crippen LogP contribution in [0.2, 0.25) is 0 Å². The highest BCUT2D eigenvalue weighted by molar-refractivity contribution is 7.88. The zero-order valence-electron chi connectivity index (χ0n) is 20.9. The van der Waals surface area contributed by atoms with Crippen molar-refractivity contribution in [2.75, 3.05) is 19.7 Å². The molecule has 210 valence electrons. The fraction of sp³-hybridized carbons (Fsp3) is 0.357. The molecule has 0 N–H and O–H groups in total. The standard InChI is InChI=1S/C28H28F5NO4S/c29-24-7-3-22(4-8-24)27(23-5-9-25(30)10-6-23)37-18-15-20-13-16-34(17-14-20)19-21-1-11-26(12-2-21)38-39(35,36)28(31,32)33/h1-12,20,27H,13-19H2. The first-order valence-corrected chi connectivity index (χ1v) is 13.9. The van der Waals surface area contributed by atoms with E-state index in [2.05, 4.69) is 9.08 Å². The van der Waals surface area contributed by atoms with Crippen molar-refractivity contribution in [2.45, 2.75) is 37.4 Å². The first-order chi connectivity index (χ1) is 18.5. The van der Waals surface area contributed by atoms with Gasteiger partial charge in [-0.15, -0.1) is 0 Å². The van der Waals surface area contributed by atoms with E-state index in [-0.39, 0.29) is 11.6 Å². The van der Waals surface area contributed by atoms with Crippen LogP contribution in [0.5, 0.6) is 5.75 Å². The third-order valence-corrected chi connectivity index (χ3v) is 7.66. The summed E-state index contributed by atoms with van der Waals surface area (Å²) in [6.07, 6.45) is 2.26. The van der Waals surface area contributed by atoms with Crippen LogP contribution in [0.15, 0.2) is 72.8 Å². The summed E-state index contributed by atoms with van der Waals surface area (Å²) in [6, 6.07) is 17.6. The Hall–Kier alpha value is -3.02. The summed E-state index contributed by atoms with van der Waals surface area (Å²) in [4.78, 5) is 2.22. The van der Waals surface area contributed by atoms with Gasteiger partial charge < -0.3 is 8.92 Å². The number of piperidine rings is 1. The van der Waals surface area contributed by atoms with E-state index in [1.165, 1.54) is 36.4 Å². The quantitative estimate of drug-likeness (QED) is 0.156. The van der Waals surface area contributed by atoms with Gasteiger partial charge in [0, 0.05) is 13.2 Å². The first-order valence-electron chi connectivity index (χ1n) is 12.4. The zero-order chi connectivity index (χ0) is 28.0. The third-order valence-electron chi connectivity index (χ3n) is 6.68. The summed E-state index contributed by atoms with van der Waals surface area (Å²) < 4.78 is 96.9. The summed E-state index contributed by atoms with van der Waals surface area (Å²) in [5.74, 6) is -0.648. The monoisotopic (exact) mass is 569 g/mol. The van der Waals surface area contributed by atoms with Crippen LogP contribution >= 0.6 is 0 Å². The Labute approximate surface area is 224 Å². The molecule has 3 aromatic rings. The topological polar surface area (TPSA) is 55.8 Å². The number of ether oxygens (including phenoxy) is 1. The molecule has 0 amide bonds. The highest BCUT2D eigenvalue weighted by Gasteiger charge is 2.48. The van der Waals surface area contributed by atoms with Crippen LogP contribution in [0.1, 0.15) is 42.1 Å². The Kier molecular flexibility index (Phi) is 9.24. The molecular formula is C28H28F5NO4S. The molecule has 1 fully saturated rings. The van der Waals surface area contributed by atoms with Crippen LogP contribution < -0.4 is 4.18 Å². The summed E-state index contributed by atoms with van der Waals surface area (Å²) in [5, 5.41) is 0. The van der Waals surface area contributed by atoms with Crippen molar-refractivity contribution in [3.63, 3.8) is 0 Å².